The second-order valence-corrected chi connectivity index (χ2v) is 4.57. The molecule has 1 saturated heterocycles. The number of likely N-dealkylation sites (tertiary alicyclic amines) is 1. The Morgan fingerprint density at radius 3 is 2.94 bits per heavy atom. The molecule has 5 heteroatoms. The molecular weight excluding hydrogens is 216 g/mol. The summed E-state index contributed by atoms with van der Waals surface area (Å²) >= 11 is 0. The van der Waals surface area contributed by atoms with E-state index in [1.54, 1.807) is 4.68 Å². The van der Waals surface area contributed by atoms with Crippen LogP contribution in [0.3, 0.4) is 0 Å². The molecule has 1 unspecified atom stereocenters. The summed E-state index contributed by atoms with van der Waals surface area (Å²) in [5.41, 5.74) is 2.14. The van der Waals surface area contributed by atoms with Gasteiger partial charge in [-0.2, -0.15) is 5.10 Å². The number of nitrogens with one attached hydrogen (secondary N) is 1. The van der Waals surface area contributed by atoms with Crippen molar-refractivity contribution in [3.63, 3.8) is 0 Å². The fraction of sp³-hybridized carbons (Fsp3) is 0.667. The zero-order valence-corrected chi connectivity index (χ0v) is 10.7. The summed E-state index contributed by atoms with van der Waals surface area (Å²) in [6.07, 6.45) is 2.90. The Balaban J connectivity index is 2.01. The number of hydrogen-bond acceptors (Lipinski definition) is 3. The Hall–Kier alpha value is -1.36. The Kier molecular flexibility index (Phi) is 3.47. The molecule has 1 aromatic rings. The third-order valence-corrected chi connectivity index (χ3v) is 3.22. The highest BCUT2D eigenvalue weighted by molar-refractivity contribution is 5.83. The summed E-state index contributed by atoms with van der Waals surface area (Å²) in [5.74, 6) is 0.218. The molecule has 0 saturated carbocycles. The monoisotopic (exact) mass is 236 g/mol. The lowest BCUT2D eigenvalue weighted by molar-refractivity contribution is -0.129. The van der Waals surface area contributed by atoms with Crippen LogP contribution in [0, 0.1) is 6.92 Å². The minimum Gasteiger partial charge on any atom is -0.337 e. The van der Waals surface area contributed by atoms with E-state index in [-0.39, 0.29) is 11.9 Å². The lowest BCUT2D eigenvalue weighted by Crippen LogP contribution is -2.37. The van der Waals surface area contributed by atoms with Crippen LogP contribution in [0.2, 0.25) is 0 Å². The Morgan fingerprint density at radius 1 is 1.59 bits per heavy atom. The predicted octanol–water partition coefficient (Wildman–Crippen LogP) is 0.439. The van der Waals surface area contributed by atoms with Gasteiger partial charge in [-0.15, -0.1) is 0 Å². The zero-order chi connectivity index (χ0) is 12.4. The molecule has 1 aliphatic rings. The highest BCUT2D eigenvalue weighted by atomic mass is 16.2. The first-order chi connectivity index (χ1) is 8.11. The van der Waals surface area contributed by atoms with Crippen LogP contribution in [0.5, 0.6) is 0 Å². The highest BCUT2D eigenvalue weighted by Crippen LogP contribution is 2.16. The van der Waals surface area contributed by atoms with Gasteiger partial charge >= 0.3 is 0 Å². The molecule has 17 heavy (non-hydrogen) atoms. The summed E-state index contributed by atoms with van der Waals surface area (Å²) < 4.78 is 1.80. The summed E-state index contributed by atoms with van der Waals surface area (Å²) in [6, 6.07) is 0.0111. The van der Waals surface area contributed by atoms with Gasteiger partial charge in [0.1, 0.15) is 0 Å². The average molecular weight is 236 g/mol. The van der Waals surface area contributed by atoms with E-state index in [0.29, 0.717) is 6.54 Å². The van der Waals surface area contributed by atoms with Crippen LogP contribution in [0.15, 0.2) is 6.20 Å². The third-order valence-electron chi connectivity index (χ3n) is 3.22. The predicted molar refractivity (Wildman–Crippen MR) is 65.4 cm³/mol. The van der Waals surface area contributed by atoms with Gasteiger partial charge < -0.3 is 10.2 Å². The standard InChI is InChI=1S/C12H20N4O/c1-4-13-11-5-6-16(12(11)17)8-10-7-15(3)14-9(10)2/h7,11,13H,4-6,8H2,1-3H3. The van der Waals surface area contributed by atoms with Gasteiger partial charge in [0.2, 0.25) is 5.91 Å². The van der Waals surface area contributed by atoms with Gasteiger partial charge in [0.25, 0.3) is 0 Å². The number of nitrogens with zero attached hydrogens (tertiary/aromatic N) is 3. The maximum atomic E-state index is 12.1. The molecular formula is C12H20N4O. The molecule has 2 heterocycles. The van der Waals surface area contributed by atoms with Gasteiger partial charge in [0.05, 0.1) is 11.7 Å². The van der Waals surface area contributed by atoms with E-state index < -0.39 is 0 Å². The molecule has 0 radical (unpaired) electrons. The maximum Gasteiger partial charge on any atom is 0.240 e. The molecule has 1 N–H and O–H groups in total. The largest absolute Gasteiger partial charge is 0.337 e. The van der Waals surface area contributed by atoms with Crippen LogP contribution >= 0.6 is 0 Å². The maximum absolute atomic E-state index is 12.1. The van der Waals surface area contributed by atoms with E-state index in [9.17, 15) is 4.79 Å². The van der Waals surface area contributed by atoms with E-state index >= 15 is 0 Å². The normalized spacial score (nSPS) is 20.3. The number of carbonyl (C=O) groups excluding carboxylic acids is 1. The second kappa shape index (κ2) is 4.87. The van der Waals surface area contributed by atoms with E-state index in [1.165, 1.54) is 0 Å². The fourth-order valence-electron chi connectivity index (χ4n) is 2.34. The van der Waals surface area contributed by atoms with Crippen LogP contribution in [-0.4, -0.2) is 39.7 Å². The smallest absolute Gasteiger partial charge is 0.240 e. The first-order valence-corrected chi connectivity index (χ1v) is 6.13. The van der Waals surface area contributed by atoms with Gasteiger partial charge in [-0.1, -0.05) is 6.92 Å². The molecule has 1 aliphatic heterocycles. The van der Waals surface area contributed by atoms with E-state index in [0.717, 1.165) is 30.8 Å². The van der Waals surface area contributed by atoms with Crippen molar-refractivity contribution in [2.24, 2.45) is 7.05 Å². The van der Waals surface area contributed by atoms with Crippen molar-refractivity contribution in [1.29, 1.82) is 0 Å². The molecule has 1 amide bonds. The molecule has 5 nitrogen and oxygen atoms in total. The molecule has 94 valence electrons. The minimum atomic E-state index is 0.0111. The number of aromatic nitrogens is 2. The minimum absolute atomic E-state index is 0.0111. The lowest BCUT2D eigenvalue weighted by atomic mass is 10.2. The average Bonchev–Trinajstić information content (AvgIpc) is 2.76. The number of rotatable bonds is 4. The topological polar surface area (TPSA) is 50.2 Å². The van der Waals surface area contributed by atoms with Crippen molar-refractivity contribution in [3.05, 3.63) is 17.5 Å². The van der Waals surface area contributed by atoms with Crippen LogP contribution in [0.4, 0.5) is 0 Å². The zero-order valence-electron chi connectivity index (χ0n) is 10.7. The van der Waals surface area contributed by atoms with Gasteiger partial charge in [-0.05, 0) is 19.9 Å². The van der Waals surface area contributed by atoms with Crippen molar-refractivity contribution in [2.45, 2.75) is 32.9 Å². The highest BCUT2D eigenvalue weighted by Gasteiger charge is 2.31. The first kappa shape index (κ1) is 12.1. The molecule has 0 aromatic carbocycles. The van der Waals surface area contributed by atoms with Crippen LogP contribution in [0.25, 0.3) is 0 Å². The summed E-state index contributed by atoms with van der Waals surface area (Å²) in [5, 5.41) is 7.51. The van der Waals surface area contributed by atoms with Crippen molar-refractivity contribution in [3.8, 4) is 0 Å². The van der Waals surface area contributed by atoms with Crippen molar-refractivity contribution in [2.75, 3.05) is 13.1 Å². The quantitative estimate of drug-likeness (QED) is 0.825. The number of carbonyl (C=O) groups is 1. The molecule has 1 atom stereocenters. The number of amides is 1. The Labute approximate surface area is 102 Å². The Morgan fingerprint density at radius 2 is 2.35 bits per heavy atom. The van der Waals surface area contributed by atoms with E-state index in [4.69, 9.17) is 0 Å². The number of hydrogen-bond donors (Lipinski definition) is 1. The molecule has 1 fully saturated rings. The molecule has 1 aromatic heterocycles. The van der Waals surface area contributed by atoms with Crippen LogP contribution < -0.4 is 5.32 Å². The van der Waals surface area contributed by atoms with E-state index in [1.807, 2.05) is 32.0 Å². The summed E-state index contributed by atoms with van der Waals surface area (Å²) in [6.45, 7) is 6.38. The first-order valence-electron chi connectivity index (χ1n) is 6.13. The van der Waals surface area contributed by atoms with E-state index in [2.05, 4.69) is 10.4 Å². The molecule has 0 bridgehead atoms. The van der Waals surface area contributed by atoms with Crippen molar-refractivity contribution < 1.29 is 4.79 Å². The SMILES string of the molecule is CCNC1CCN(Cc2cn(C)nc2C)C1=O. The van der Waals surface area contributed by atoms with Gasteiger partial charge in [0.15, 0.2) is 0 Å². The summed E-state index contributed by atoms with van der Waals surface area (Å²) in [4.78, 5) is 14.0. The van der Waals surface area contributed by atoms with Crippen LogP contribution in [-0.2, 0) is 18.4 Å². The van der Waals surface area contributed by atoms with Crippen molar-refractivity contribution in [1.82, 2.24) is 20.0 Å². The Bertz CT molecular complexity index is 413. The van der Waals surface area contributed by atoms with Gasteiger partial charge in [-0.3, -0.25) is 9.48 Å². The van der Waals surface area contributed by atoms with Crippen molar-refractivity contribution >= 4 is 5.91 Å². The third kappa shape index (κ3) is 2.49. The van der Waals surface area contributed by atoms with Crippen LogP contribution in [0.1, 0.15) is 24.6 Å². The number of likely N-dealkylation sites (N-methyl/N-ethyl adjacent to an activating group) is 1. The second-order valence-electron chi connectivity index (χ2n) is 4.57. The molecule has 0 spiro atoms. The molecule has 0 aliphatic carbocycles. The summed E-state index contributed by atoms with van der Waals surface area (Å²) in [7, 11) is 1.91. The number of aryl methyl sites for hydroxylation is 2. The van der Waals surface area contributed by atoms with Gasteiger partial charge in [-0.25, -0.2) is 0 Å². The molecule has 2 rings (SSSR count). The van der Waals surface area contributed by atoms with Gasteiger partial charge in [0, 0.05) is 31.9 Å². The lowest BCUT2D eigenvalue weighted by Gasteiger charge is -2.16. The fourth-order valence-corrected chi connectivity index (χ4v) is 2.34.